The molecule has 0 fully saturated rings. The first-order valence-corrected chi connectivity index (χ1v) is 6.61. The average Bonchev–Trinajstić information content (AvgIpc) is 2.55. The van der Waals surface area contributed by atoms with E-state index in [0.717, 1.165) is 0 Å². The number of ether oxygens (including phenoxy) is 3. The summed E-state index contributed by atoms with van der Waals surface area (Å²) in [5.41, 5.74) is 1.02. The van der Waals surface area contributed by atoms with E-state index in [4.69, 9.17) is 14.2 Å². The van der Waals surface area contributed by atoms with Crippen molar-refractivity contribution in [2.24, 2.45) is 0 Å². The Morgan fingerprint density at radius 2 is 1.32 bits per heavy atom. The van der Waals surface area contributed by atoms with Gasteiger partial charge in [-0.05, 0) is 24.3 Å². The number of hydrogen-bond donors (Lipinski definition) is 2. The topological polar surface area (TPSA) is 68.8 Å². The molecule has 2 N–H and O–H groups in total. The highest BCUT2D eigenvalue weighted by molar-refractivity contribution is 6.02. The molecular formula is C16H18N2O4. The molecule has 0 saturated heterocycles. The number of amides is 2. The first-order chi connectivity index (χ1) is 10.7. The maximum Gasteiger partial charge on any atom is 0.323 e. The summed E-state index contributed by atoms with van der Waals surface area (Å²) >= 11 is 0. The predicted molar refractivity (Wildman–Crippen MR) is 85.2 cm³/mol. The van der Waals surface area contributed by atoms with Gasteiger partial charge >= 0.3 is 6.03 Å². The number of urea groups is 1. The van der Waals surface area contributed by atoms with Gasteiger partial charge in [0.15, 0.2) is 0 Å². The SMILES string of the molecule is COc1ccccc1NC(=O)Nc1c(OC)cccc1OC. The van der Waals surface area contributed by atoms with Crippen molar-refractivity contribution in [1.82, 2.24) is 0 Å². The van der Waals surface area contributed by atoms with Gasteiger partial charge in [0, 0.05) is 0 Å². The van der Waals surface area contributed by atoms with Crippen LogP contribution in [0.2, 0.25) is 0 Å². The molecule has 0 bridgehead atoms. The molecule has 0 heterocycles. The first kappa shape index (κ1) is 15.5. The summed E-state index contributed by atoms with van der Waals surface area (Å²) in [4.78, 5) is 12.2. The molecule has 0 aliphatic heterocycles. The molecule has 6 nitrogen and oxygen atoms in total. The third-order valence-corrected chi connectivity index (χ3v) is 3.02. The number of carbonyl (C=O) groups is 1. The van der Waals surface area contributed by atoms with Crippen LogP contribution in [0.1, 0.15) is 0 Å². The van der Waals surface area contributed by atoms with Crippen molar-refractivity contribution in [1.29, 1.82) is 0 Å². The number of carbonyl (C=O) groups excluding carboxylic acids is 1. The highest BCUT2D eigenvalue weighted by atomic mass is 16.5. The summed E-state index contributed by atoms with van der Waals surface area (Å²) < 4.78 is 15.7. The van der Waals surface area contributed by atoms with Crippen molar-refractivity contribution in [3.05, 3.63) is 42.5 Å². The minimum atomic E-state index is -0.424. The van der Waals surface area contributed by atoms with E-state index in [2.05, 4.69) is 10.6 Å². The second kappa shape index (κ2) is 7.21. The molecule has 116 valence electrons. The quantitative estimate of drug-likeness (QED) is 0.888. The molecule has 2 amide bonds. The second-order valence-corrected chi connectivity index (χ2v) is 4.32. The molecule has 2 rings (SSSR count). The lowest BCUT2D eigenvalue weighted by Crippen LogP contribution is -2.20. The summed E-state index contributed by atoms with van der Waals surface area (Å²) in [6.07, 6.45) is 0. The molecular weight excluding hydrogens is 284 g/mol. The average molecular weight is 302 g/mol. The van der Waals surface area contributed by atoms with Gasteiger partial charge in [0.05, 0.1) is 27.0 Å². The van der Waals surface area contributed by atoms with Crippen molar-refractivity contribution < 1.29 is 19.0 Å². The highest BCUT2D eigenvalue weighted by Crippen LogP contribution is 2.34. The molecule has 0 unspecified atom stereocenters. The summed E-state index contributed by atoms with van der Waals surface area (Å²) in [7, 11) is 4.60. The molecule has 2 aromatic rings. The van der Waals surface area contributed by atoms with Crippen LogP contribution in [-0.4, -0.2) is 27.4 Å². The minimum absolute atomic E-state index is 0.424. The largest absolute Gasteiger partial charge is 0.495 e. The van der Waals surface area contributed by atoms with E-state index >= 15 is 0 Å². The van der Waals surface area contributed by atoms with E-state index in [9.17, 15) is 4.79 Å². The Hall–Kier alpha value is -2.89. The van der Waals surface area contributed by atoms with Gasteiger partial charge in [0.1, 0.15) is 22.9 Å². The van der Waals surface area contributed by atoms with Crippen molar-refractivity contribution in [3.8, 4) is 17.2 Å². The van der Waals surface area contributed by atoms with Crippen molar-refractivity contribution in [3.63, 3.8) is 0 Å². The van der Waals surface area contributed by atoms with Crippen LogP contribution >= 0.6 is 0 Å². The van der Waals surface area contributed by atoms with Gasteiger partial charge in [-0.2, -0.15) is 0 Å². The Balaban J connectivity index is 2.19. The zero-order chi connectivity index (χ0) is 15.9. The van der Waals surface area contributed by atoms with Gasteiger partial charge in [0.25, 0.3) is 0 Å². The van der Waals surface area contributed by atoms with Crippen LogP contribution in [0.15, 0.2) is 42.5 Å². The number of methoxy groups -OCH3 is 3. The Kier molecular flexibility index (Phi) is 5.08. The summed E-state index contributed by atoms with van der Waals surface area (Å²) in [6, 6.07) is 12.0. The first-order valence-electron chi connectivity index (χ1n) is 6.61. The fourth-order valence-corrected chi connectivity index (χ4v) is 1.99. The van der Waals surface area contributed by atoms with E-state index in [1.165, 1.54) is 14.2 Å². The van der Waals surface area contributed by atoms with Gasteiger partial charge < -0.3 is 24.8 Å². The maximum absolute atomic E-state index is 12.2. The number of rotatable bonds is 5. The predicted octanol–water partition coefficient (Wildman–Crippen LogP) is 3.36. The monoisotopic (exact) mass is 302 g/mol. The van der Waals surface area contributed by atoms with E-state index < -0.39 is 6.03 Å². The molecule has 0 atom stereocenters. The van der Waals surface area contributed by atoms with Gasteiger partial charge in [-0.3, -0.25) is 0 Å². The lowest BCUT2D eigenvalue weighted by Gasteiger charge is -2.15. The van der Waals surface area contributed by atoms with E-state index in [-0.39, 0.29) is 0 Å². The Labute approximate surface area is 129 Å². The fourth-order valence-electron chi connectivity index (χ4n) is 1.99. The molecule has 6 heteroatoms. The van der Waals surface area contributed by atoms with Crippen molar-refractivity contribution in [2.75, 3.05) is 32.0 Å². The zero-order valence-corrected chi connectivity index (χ0v) is 12.7. The number of anilines is 2. The van der Waals surface area contributed by atoms with Crippen LogP contribution in [0.5, 0.6) is 17.2 Å². The van der Waals surface area contributed by atoms with Crippen LogP contribution < -0.4 is 24.8 Å². The molecule has 2 aromatic carbocycles. The molecule has 22 heavy (non-hydrogen) atoms. The third-order valence-electron chi connectivity index (χ3n) is 3.02. The second-order valence-electron chi connectivity index (χ2n) is 4.32. The van der Waals surface area contributed by atoms with Gasteiger partial charge in [0.2, 0.25) is 0 Å². The van der Waals surface area contributed by atoms with Crippen molar-refractivity contribution in [2.45, 2.75) is 0 Å². The molecule has 0 saturated carbocycles. The van der Waals surface area contributed by atoms with Crippen LogP contribution in [0, 0.1) is 0 Å². The molecule has 0 aliphatic carbocycles. The fraction of sp³-hybridized carbons (Fsp3) is 0.188. The molecule has 0 spiro atoms. The van der Waals surface area contributed by atoms with Crippen LogP contribution in [0.25, 0.3) is 0 Å². The molecule has 0 aliphatic rings. The third kappa shape index (κ3) is 3.41. The van der Waals surface area contributed by atoms with Gasteiger partial charge in [-0.1, -0.05) is 18.2 Å². The number of hydrogen-bond acceptors (Lipinski definition) is 4. The normalized spacial score (nSPS) is 9.77. The molecule has 0 radical (unpaired) electrons. The Morgan fingerprint density at radius 3 is 1.91 bits per heavy atom. The highest BCUT2D eigenvalue weighted by Gasteiger charge is 2.14. The standard InChI is InChI=1S/C16H18N2O4/c1-20-12-8-5-4-7-11(12)17-16(19)18-15-13(21-2)9-6-10-14(15)22-3/h4-10H,1-3H3,(H2,17,18,19). The smallest absolute Gasteiger partial charge is 0.323 e. The molecule has 0 aromatic heterocycles. The van der Waals surface area contributed by atoms with E-state index in [1.54, 1.807) is 37.4 Å². The van der Waals surface area contributed by atoms with E-state index in [1.807, 2.05) is 12.1 Å². The maximum atomic E-state index is 12.2. The lowest BCUT2D eigenvalue weighted by molar-refractivity contribution is 0.261. The van der Waals surface area contributed by atoms with E-state index in [0.29, 0.717) is 28.6 Å². The zero-order valence-electron chi connectivity index (χ0n) is 12.7. The lowest BCUT2D eigenvalue weighted by atomic mass is 10.2. The minimum Gasteiger partial charge on any atom is -0.495 e. The van der Waals surface area contributed by atoms with Crippen LogP contribution in [-0.2, 0) is 0 Å². The van der Waals surface area contributed by atoms with Crippen molar-refractivity contribution >= 4 is 17.4 Å². The number of para-hydroxylation sites is 3. The van der Waals surface area contributed by atoms with Gasteiger partial charge in [-0.15, -0.1) is 0 Å². The Morgan fingerprint density at radius 1 is 0.773 bits per heavy atom. The summed E-state index contributed by atoms with van der Waals surface area (Å²) in [5, 5.41) is 5.45. The van der Waals surface area contributed by atoms with Crippen LogP contribution in [0.4, 0.5) is 16.2 Å². The number of nitrogens with one attached hydrogen (secondary N) is 2. The summed E-state index contributed by atoms with van der Waals surface area (Å²) in [6.45, 7) is 0. The van der Waals surface area contributed by atoms with Crippen LogP contribution in [0.3, 0.4) is 0 Å². The number of benzene rings is 2. The van der Waals surface area contributed by atoms with Gasteiger partial charge in [-0.25, -0.2) is 4.79 Å². The Bertz CT molecular complexity index is 636. The summed E-state index contributed by atoms with van der Waals surface area (Å²) in [5.74, 6) is 1.59.